The highest BCUT2D eigenvalue weighted by atomic mass is 16.2. The number of urea groups is 1. The number of nitrogens with zero attached hydrogens (tertiary/aromatic N) is 5. The van der Waals surface area contributed by atoms with E-state index in [1.54, 1.807) is 0 Å². The SMILES string of the molecule is C=NC(=O)N(CN=N)/N=N\C. The molecule has 2 amide bonds. The highest BCUT2D eigenvalue weighted by Gasteiger charge is 2.08. The van der Waals surface area contributed by atoms with E-state index in [0.29, 0.717) is 0 Å². The van der Waals surface area contributed by atoms with Crippen LogP contribution in [0.15, 0.2) is 20.4 Å². The van der Waals surface area contributed by atoms with Crippen molar-refractivity contribution in [1.82, 2.24) is 5.01 Å². The molecule has 60 valence electrons. The van der Waals surface area contributed by atoms with E-state index in [-0.39, 0.29) is 6.67 Å². The molecular weight excluding hydrogens is 148 g/mol. The second-order valence-electron chi connectivity index (χ2n) is 1.43. The molecule has 0 bridgehead atoms. The van der Waals surface area contributed by atoms with Gasteiger partial charge in [0.05, 0.1) is 7.05 Å². The lowest BCUT2D eigenvalue weighted by atomic mass is 10.9. The van der Waals surface area contributed by atoms with Crippen molar-refractivity contribution >= 4 is 12.7 Å². The van der Waals surface area contributed by atoms with Crippen molar-refractivity contribution < 1.29 is 4.79 Å². The molecule has 7 nitrogen and oxygen atoms in total. The van der Waals surface area contributed by atoms with Crippen LogP contribution in [0.1, 0.15) is 0 Å². The van der Waals surface area contributed by atoms with Crippen LogP contribution >= 0.6 is 0 Å². The predicted octanol–water partition coefficient (Wildman–Crippen LogP) is 1.09. The van der Waals surface area contributed by atoms with Crippen LogP contribution in [0.5, 0.6) is 0 Å². The lowest BCUT2D eigenvalue weighted by Crippen LogP contribution is -2.21. The largest absolute Gasteiger partial charge is 0.366 e. The minimum absolute atomic E-state index is 0.185. The fourth-order valence-corrected chi connectivity index (χ4v) is 0.384. The van der Waals surface area contributed by atoms with Gasteiger partial charge in [-0.1, -0.05) is 5.22 Å². The first-order valence-corrected chi connectivity index (χ1v) is 2.67. The van der Waals surface area contributed by atoms with Crippen LogP contribution < -0.4 is 0 Å². The van der Waals surface area contributed by atoms with Crippen LogP contribution in [0.4, 0.5) is 4.79 Å². The summed E-state index contributed by atoms with van der Waals surface area (Å²) in [5.41, 5.74) is 6.45. The molecule has 0 rings (SSSR count). The Balaban J connectivity index is 4.18. The standard InChI is InChI=1S/C4H8N6O/c1-6-4(11)10(3-8-5)9-7-2/h5H,1,3H2,2H3/b8-5?,9-7-. The Labute approximate surface area is 63.3 Å². The maximum Gasteiger partial charge on any atom is 0.366 e. The van der Waals surface area contributed by atoms with Gasteiger partial charge < -0.3 is 0 Å². The van der Waals surface area contributed by atoms with Gasteiger partial charge in [-0.3, -0.25) is 0 Å². The number of aliphatic imine (C=N–C) groups is 1. The predicted molar refractivity (Wildman–Crippen MR) is 37.6 cm³/mol. The normalized spacial score (nSPS) is 9.55. The van der Waals surface area contributed by atoms with E-state index in [1.807, 2.05) is 0 Å². The first kappa shape index (κ1) is 9.34. The van der Waals surface area contributed by atoms with Gasteiger partial charge in [-0.25, -0.2) is 15.3 Å². The van der Waals surface area contributed by atoms with Crippen molar-refractivity contribution in [3.63, 3.8) is 0 Å². The van der Waals surface area contributed by atoms with Gasteiger partial charge in [-0.15, -0.1) is 0 Å². The molecule has 0 unspecified atom stereocenters. The van der Waals surface area contributed by atoms with Gasteiger partial charge in [-0.05, 0) is 6.72 Å². The molecule has 0 aliphatic rings. The number of amides is 2. The quantitative estimate of drug-likeness (QED) is 0.369. The molecule has 0 aliphatic heterocycles. The van der Waals surface area contributed by atoms with Gasteiger partial charge in [0.25, 0.3) is 0 Å². The van der Waals surface area contributed by atoms with E-state index >= 15 is 0 Å². The van der Waals surface area contributed by atoms with Crippen LogP contribution in [0.25, 0.3) is 0 Å². The van der Waals surface area contributed by atoms with E-state index in [2.05, 4.69) is 27.2 Å². The van der Waals surface area contributed by atoms with Gasteiger partial charge in [0.1, 0.15) is 0 Å². The third-order valence-corrected chi connectivity index (χ3v) is 0.758. The number of hydrogen-bond acceptors (Lipinski definition) is 5. The zero-order valence-corrected chi connectivity index (χ0v) is 6.06. The van der Waals surface area contributed by atoms with Crippen LogP contribution in [-0.2, 0) is 0 Å². The zero-order valence-electron chi connectivity index (χ0n) is 6.06. The van der Waals surface area contributed by atoms with Gasteiger partial charge in [0.15, 0.2) is 6.67 Å². The molecule has 0 atom stereocenters. The molecule has 0 spiro atoms. The maximum absolute atomic E-state index is 10.7. The molecule has 1 N–H and O–H groups in total. The Morgan fingerprint density at radius 2 is 2.36 bits per heavy atom. The van der Waals surface area contributed by atoms with Crippen molar-refractivity contribution in [3.05, 3.63) is 0 Å². The Kier molecular flexibility index (Phi) is 4.37. The third-order valence-electron chi connectivity index (χ3n) is 0.758. The Hall–Kier alpha value is -1.66. The van der Waals surface area contributed by atoms with Gasteiger partial charge >= 0.3 is 6.03 Å². The molecule has 11 heavy (non-hydrogen) atoms. The Bertz CT molecular complexity index is 187. The molecule has 0 radical (unpaired) electrons. The maximum atomic E-state index is 10.7. The number of nitrogens with one attached hydrogen (secondary N) is 1. The minimum atomic E-state index is -0.674. The van der Waals surface area contributed by atoms with Gasteiger partial charge in [0, 0.05) is 0 Å². The molecule has 0 aliphatic carbocycles. The summed E-state index contributed by atoms with van der Waals surface area (Å²) in [6.45, 7) is 2.81. The van der Waals surface area contributed by atoms with E-state index in [1.165, 1.54) is 7.05 Å². The fourth-order valence-electron chi connectivity index (χ4n) is 0.384. The van der Waals surface area contributed by atoms with Crippen molar-refractivity contribution in [3.8, 4) is 0 Å². The highest BCUT2D eigenvalue weighted by molar-refractivity contribution is 5.78. The smallest absolute Gasteiger partial charge is 0.244 e. The van der Waals surface area contributed by atoms with Crippen molar-refractivity contribution in [2.45, 2.75) is 0 Å². The average Bonchev–Trinajstić information content (AvgIpc) is 2.03. The molecule has 7 heteroatoms. The summed E-state index contributed by atoms with van der Waals surface area (Å²) >= 11 is 0. The summed E-state index contributed by atoms with van der Waals surface area (Å²) in [4.78, 5) is 13.8. The fraction of sp³-hybridized carbons (Fsp3) is 0.500. The molecular formula is C4H8N6O. The van der Waals surface area contributed by atoms with Crippen LogP contribution in [0.3, 0.4) is 0 Å². The Morgan fingerprint density at radius 1 is 1.73 bits per heavy atom. The summed E-state index contributed by atoms with van der Waals surface area (Å²) in [5.74, 6) is 0. The molecule has 0 aromatic carbocycles. The number of rotatable bonds is 3. The van der Waals surface area contributed by atoms with Gasteiger partial charge in [0.2, 0.25) is 0 Å². The van der Waals surface area contributed by atoms with Crippen LogP contribution in [-0.4, -0.2) is 31.5 Å². The first-order valence-electron chi connectivity index (χ1n) is 2.67. The monoisotopic (exact) mass is 156 g/mol. The lowest BCUT2D eigenvalue weighted by molar-refractivity contribution is 0.206. The van der Waals surface area contributed by atoms with E-state index in [9.17, 15) is 4.79 Å². The van der Waals surface area contributed by atoms with Crippen molar-refractivity contribution in [2.24, 2.45) is 20.4 Å². The van der Waals surface area contributed by atoms with E-state index < -0.39 is 6.03 Å². The topological polar surface area (TPSA) is 93.6 Å². The molecule has 0 heterocycles. The molecule has 0 saturated carbocycles. The summed E-state index contributed by atoms with van der Waals surface area (Å²) in [5, 5.41) is 10.4. The van der Waals surface area contributed by atoms with E-state index in [0.717, 1.165) is 5.01 Å². The van der Waals surface area contributed by atoms with Crippen LogP contribution in [0, 0.1) is 5.53 Å². The highest BCUT2D eigenvalue weighted by Crippen LogP contribution is 1.94. The lowest BCUT2D eigenvalue weighted by Gasteiger charge is -2.06. The summed E-state index contributed by atoms with van der Waals surface area (Å²) < 4.78 is 0. The van der Waals surface area contributed by atoms with Crippen LogP contribution in [0.2, 0.25) is 0 Å². The van der Waals surface area contributed by atoms with E-state index in [4.69, 9.17) is 5.53 Å². The first-order chi connectivity index (χ1) is 5.26. The van der Waals surface area contributed by atoms with Crippen molar-refractivity contribution in [1.29, 1.82) is 5.53 Å². The number of carbonyl (C=O) groups is 1. The zero-order chi connectivity index (χ0) is 8.69. The Morgan fingerprint density at radius 3 is 2.73 bits per heavy atom. The average molecular weight is 156 g/mol. The summed E-state index contributed by atoms with van der Waals surface area (Å²) in [6.07, 6.45) is 0. The molecule has 0 fully saturated rings. The van der Waals surface area contributed by atoms with Gasteiger partial charge in [-0.2, -0.15) is 15.2 Å². The molecule has 0 aromatic rings. The van der Waals surface area contributed by atoms with Crippen molar-refractivity contribution in [2.75, 3.05) is 13.7 Å². The molecule has 0 saturated heterocycles. The minimum Gasteiger partial charge on any atom is -0.244 e. The summed E-state index contributed by atoms with van der Waals surface area (Å²) in [6, 6.07) is -0.674. The second-order valence-corrected chi connectivity index (χ2v) is 1.43. The number of hydrogen-bond donors (Lipinski definition) is 1. The second kappa shape index (κ2) is 5.15. The number of carbonyl (C=O) groups excluding carboxylic acids is 1. The third kappa shape index (κ3) is 3.14. The summed E-state index contributed by atoms with van der Waals surface area (Å²) in [7, 11) is 1.40. The molecule has 0 aromatic heterocycles.